The molecule has 16 heavy (non-hydrogen) atoms. The van der Waals surface area contributed by atoms with Crippen molar-refractivity contribution in [2.45, 2.75) is 25.3 Å². The van der Waals surface area contributed by atoms with Crippen molar-refractivity contribution < 1.29 is 39.2 Å². The summed E-state index contributed by atoms with van der Waals surface area (Å²) >= 11 is -0.909. The van der Waals surface area contributed by atoms with Crippen LogP contribution in [0.5, 0.6) is 0 Å². The average Bonchev–Trinajstić information content (AvgIpc) is 2.56. The molecule has 6 nitrogen and oxygen atoms in total. The van der Waals surface area contributed by atoms with E-state index in [4.69, 9.17) is 8.91 Å². The van der Waals surface area contributed by atoms with Crippen LogP contribution < -0.4 is 30.7 Å². The number of ether oxygens (including phenoxy) is 1. The molecule has 8 heteroatoms. The average molecular weight is 362 g/mol. The molecule has 1 saturated heterocycles. The Bertz CT molecular complexity index is 300. The molecular formula is C8H11ClIN2O4-. The normalized spacial score (nSPS) is 19.4. The number of halogens is 2. The van der Waals surface area contributed by atoms with Gasteiger partial charge in [0, 0.05) is 0 Å². The first-order chi connectivity index (χ1) is 7.63. The predicted molar refractivity (Wildman–Crippen MR) is 51.5 cm³/mol. The van der Waals surface area contributed by atoms with E-state index in [1.165, 1.54) is 0 Å². The number of esters is 1. The number of amides is 2. The van der Waals surface area contributed by atoms with Gasteiger partial charge in [-0.3, -0.25) is 0 Å². The van der Waals surface area contributed by atoms with Crippen LogP contribution in [-0.2, 0) is 9.53 Å². The van der Waals surface area contributed by atoms with Gasteiger partial charge in [-0.15, -0.1) is 0 Å². The Morgan fingerprint density at radius 2 is 2.25 bits per heavy atom. The number of cyclic esters (lactones) is 2. The summed E-state index contributed by atoms with van der Waals surface area (Å²) in [6.45, 7) is 0.543. The molecule has 92 valence electrons. The monoisotopic (exact) mass is 361 g/mol. The fourth-order valence-electron chi connectivity index (χ4n) is 1.27. The van der Waals surface area contributed by atoms with Crippen molar-refractivity contribution in [2.24, 2.45) is 0 Å². The van der Waals surface area contributed by atoms with E-state index < -0.39 is 38.2 Å². The Kier molecular flexibility index (Phi) is 5.81. The van der Waals surface area contributed by atoms with Crippen LogP contribution in [0.2, 0.25) is 0 Å². The van der Waals surface area contributed by atoms with Crippen LogP contribution in [0.1, 0.15) is 19.3 Å². The summed E-state index contributed by atoms with van der Waals surface area (Å²) in [5.41, 5.74) is 0. The number of nitrogens with one attached hydrogen (secondary N) is 2. The zero-order valence-electron chi connectivity index (χ0n) is 8.29. The molecule has 2 amide bonds. The van der Waals surface area contributed by atoms with Crippen LogP contribution in [0.25, 0.3) is 0 Å². The third-order valence-electron chi connectivity index (χ3n) is 2.02. The van der Waals surface area contributed by atoms with Crippen molar-refractivity contribution in [3.8, 4) is 0 Å². The zero-order chi connectivity index (χ0) is 12.0. The molecule has 1 atom stereocenters. The van der Waals surface area contributed by atoms with Crippen LogP contribution in [0.3, 0.4) is 0 Å². The van der Waals surface area contributed by atoms with Crippen molar-refractivity contribution >= 4 is 24.9 Å². The molecule has 0 saturated carbocycles. The molecule has 1 aliphatic heterocycles. The van der Waals surface area contributed by atoms with Crippen molar-refractivity contribution in [1.82, 2.24) is 10.6 Å². The number of hydrogen-bond donors (Lipinski definition) is 2. The van der Waals surface area contributed by atoms with Gasteiger partial charge in [-0.05, 0) is 0 Å². The maximum absolute atomic E-state index is 11.0. The minimum absolute atomic E-state index is 0.103. The molecule has 0 unspecified atom stereocenters. The number of rotatable bonds is 6. The summed E-state index contributed by atoms with van der Waals surface area (Å²) in [6, 6.07) is -0.538. The Balaban J connectivity index is 2.05. The van der Waals surface area contributed by atoms with Gasteiger partial charge in [-0.1, -0.05) is 0 Å². The third kappa shape index (κ3) is 4.52. The Labute approximate surface area is 106 Å². The van der Waals surface area contributed by atoms with Gasteiger partial charge in [0.25, 0.3) is 0 Å². The van der Waals surface area contributed by atoms with E-state index in [1.54, 1.807) is 0 Å². The molecule has 0 spiro atoms. The first kappa shape index (κ1) is 13.5. The van der Waals surface area contributed by atoms with E-state index in [-0.39, 0.29) is 3.91 Å². The predicted octanol–water partition coefficient (Wildman–Crippen LogP) is -2.26. The maximum atomic E-state index is 11.0. The number of alkyl carbamates (subject to hydrolysis) is 1. The number of hydrogen-bond acceptors (Lipinski definition) is 4. The first-order valence-corrected chi connectivity index (χ1v) is 8.50. The van der Waals surface area contributed by atoms with Crippen LogP contribution in [0, 0.1) is 0 Å². The molecule has 0 aliphatic carbocycles. The second-order valence-corrected chi connectivity index (χ2v) is 5.52. The fourth-order valence-corrected chi connectivity index (χ4v) is 2.02. The fraction of sp³-hybridized carbons (Fsp3) is 0.625. The van der Waals surface area contributed by atoms with Crippen LogP contribution in [0.15, 0.2) is 0 Å². The van der Waals surface area contributed by atoms with Crippen LogP contribution in [0.4, 0.5) is 9.59 Å². The second kappa shape index (κ2) is 6.89. The van der Waals surface area contributed by atoms with Crippen molar-refractivity contribution in [3.63, 3.8) is 0 Å². The van der Waals surface area contributed by atoms with Crippen molar-refractivity contribution in [1.29, 1.82) is 0 Å². The summed E-state index contributed by atoms with van der Waals surface area (Å²) in [7, 11) is 5.39. The van der Waals surface area contributed by atoms with Crippen LogP contribution in [-0.4, -0.2) is 28.6 Å². The van der Waals surface area contributed by atoms with E-state index in [0.29, 0.717) is 13.0 Å². The number of carbonyl (C=O) groups is 3. The van der Waals surface area contributed by atoms with Gasteiger partial charge in [-0.25, -0.2) is 0 Å². The third-order valence-corrected chi connectivity index (χ3v) is 3.64. The van der Waals surface area contributed by atoms with Gasteiger partial charge in [-0.2, -0.15) is 0 Å². The molecule has 1 rings (SSSR count). The Hall–Kier alpha value is -0.570. The number of unbranched alkanes of at least 4 members (excludes halogenated alkanes) is 1. The molecule has 1 fully saturated rings. The Morgan fingerprint density at radius 3 is 2.81 bits per heavy atom. The molecule has 0 aromatic rings. The summed E-state index contributed by atoms with van der Waals surface area (Å²) in [5, 5.41) is 5.05. The summed E-state index contributed by atoms with van der Waals surface area (Å²) in [6.07, 6.45) is 1.30. The topological polar surface area (TPSA) is 84.5 Å². The second-order valence-electron chi connectivity index (χ2n) is 3.17. The Morgan fingerprint density at radius 1 is 1.50 bits per heavy atom. The van der Waals surface area contributed by atoms with E-state index >= 15 is 0 Å². The van der Waals surface area contributed by atoms with Gasteiger partial charge in [0.15, 0.2) is 0 Å². The zero-order valence-corrected chi connectivity index (χ0v) is 11.2. The van der Waals surface area contributed by atoms with Gasteiger partial charge >= 0.3 is 107 Å². The summed E-state index contributed by atoms with van der Waals surface area (Å²) in [4.78, 5) is 32.5. The van der Waals surface area contributed by atoms with E-state index in [2.05, 4.69) is 15.4 Å². The van der Waals surface area contributed by atoms with Gasteiger partial charge in [0.05, 0.1) is 0 Å². The van der Waals surface area contributed by atoms with Gasteiger partial charge < -0.3 is 0 Å². The van der Waals surface area contributed by atoms with Crippen LogP contribution >= 0.6 is 8.91 Å². The van der Waals surface area contributed by atoms with E-state index in [0.717, 1.165) is 12.8 Å². The van der Waals surface area contributed by atoms with E-state index in [9.17, 15) is 14.4 Å². The molecule has 0 radical (unpaired) electrons. The van der Waals surface area contributed by atoms with Gasteiger partial charge in [0.1, 0.15) is 0 Å². The first-order valence-electron chi connectivity index (χ1n) is 4.69. The summed E-state index contributed by atoms with van der Waals surface area (Å²) < 4.78 is 4.21. The molecule has 0 aromatic heterocycles. The SMILES string of the molecule is O=C1N[C@@H](CCCCNC(=O)[I-]Cl)C(=O)O1. The van der Waals surface area contributed by atoms with Crippen molar-refractivity contribution in [3.05, 3.63) is 0 Å². The molecule has 1 aliphatic rings. The quantitative estimate of drug-likeness (QED) is 0.140. The standard InChI is InChI=1S/C8H11ClIN2O4/c9-10-7(14)11-4-2-1-3-5-6(13)16-8(15)12-5/h5H,1-4H2,(H,11,14)(H,12,15)/q-1/t5-/m0/s1. The molecule has 1 heterocycles. The molecular weight excluding hydrogens is 350 g/mol. The number of carbonyl (C=O) groups excluding carboxylic acids is 3. The minimum atomic E-state index is -0.909. The molecule has 2 N–H and O–H groups in total. The van der Waals surface area contributed by atoms with Gasteiger partial charge in [0.2, 0.25) is 0 Å². The molecule has 0 aromatic carbocycles. The van der Waals surface area contributed by atoms with Crippen molar-refractivity contribution in [2.75, 3.05) is 6.54 Å². The van der Waals surface area contributed by atoms with E-state index in [1.807, 2.05) is 0 Å². The molecule has 0 bridgehead atoms. The summed E-state index contributed by atoms with van der Waals surface area (Å²) in [5.74, 6) is -0.527.